The number of para-hydroxylation sites is 1. The predicted molar refractivity (Wildman–Crippen MR) is 98.2 cm³/mol. The Labute approximate surface area is 154 Å². The van der Waals surface area contributed by atoms with Crippen LogP contribution in [0.5, 0.6) is 0 Å². The van der Waals surface area contributed by atoms with E-state index in [1.54, 1.807) is 41.2 Å². The number of nitrogens with zero attached hydrogens (tertiary/aromatic N) is 2. The minimum Gasteiger partial charge on any atom is -0.310 e. The Morgan fingerprint density at radius 1 is 1.31 bits per heavy atom. The van der Waals surface area contributed by atoms with Crippen LogP contribution in [0.25, 0.3) is 0 Å². The standard InChI is InChI=1S/C18H14N4O3S/c1-11-5-4-8-21(10-11)16-15(13(9-19)18(26)20-17(16)23)12-6-2-3-7-14(12)22(24)25/h2-8,10,15-16,19H,1H3/p+1/t15-,16+/m0/s1. The first-order valence-corrected chi connectivity index (χ1v) is 8.20. The average Bonchev–Trinajstić information content (AvgIpc) is 2.61. The molecule has 1 aliphatic heterocycles. The van der Waals surface area contributed by atoms with Gasteiger partial charge in [0, 0.05) is 23.3 Å². The van der Waals surface area contributed by atoms with Crippen molar-refractivity contribution in [2.24, 2.45) is 0 Å². The molecule has 26 heavy (non-hydrogen) atoms. The van der Waals surface area contributed by atoms with Crippen molar-refractivity contribution in [2.75, 3.05) is 0 Å². The zero-order valence-electron chi connectivity index (χ0n) is 13.8. The molecule has 0 unspecified atom stereocenters. The number of carbonyl (C=O) groups excluding carboxylic acids is 1. The van der Waals surface area contributed by atoms with E-state index in [9.17, 15) is 14.9 Å². The number of rotatable bonds is 3. The smallest absolute Gasteiger partial charge is 0.295 e. The van der Waals surface area contributed by atoms with Crippen LogP contribution in [0, 0.1) is 22.4 Å². The molecule has 1 fully saturated rings. The zero-order valence-corrected chi connectivity index (χ0v) is 14.6. The Hall–Kier alpha value is -3.22. The number of nitrogens with one attached hydrogen (secondary N) is 2. The highest BCUT2D eigenvalue weighted by Crippen LogP contribution is 2.39. The van der Waals surface area contributed by atoms with Crippen molar-refractivity contribution >= 4 is 34.7 Å². The minimum atomic E-state index is -0.824. The molecule has 7 nitrogen and oxygen atoms in total. The van der Waals surface area contributed by atoms with E-state index in [-0.39, 0.29) is 22.2 Å². The van der Waals surface area contributed by atoms with Crippen LogP contribution >= 0.6 is 12.2 Å². The minimum absolute atomic E-state index is 0.0673. The second kappa shape index (κ2) is 6.95. The number of hydrogen-bond donors (Lipinski definition) is 2. The first-order valence-electron chi connectivity index (χ1n) is 7.79. The summed E-state index contributed by atoms with van der Waals surface area (Å²) in [7, 11) is 0. The van der Waals surface area contributed by atoms with E-state index >= 15 is 0 Å². The van der Waals surface area contributed by atoms with E-state index in [1.165, 1.54) is 6.07 Å². The number of nitro benzene ring substituents is 1. The lowest BCUT2D eigenvalue weighted by Crippen LogP contribution is -2.56. The molecule has 0 radical (unpaired) electrons. The number of hydrogen-bond acceptors (Lipinski definition) is 5. The van der Waals surface area contributed by atoms with E-state index in [0.29, 0.717) is 5.56 Å². The van der Waals surface area contributed by atoms with Crippen LogP contribution in [-0.2, 0) is 4.79 Å². The van der Waals surface area contributed by atoms with Gasteiger partial charge in [-0.15, -0.1) is 0 Å². The van der Waals surface area contributed by atoms with Gasteiger partial charge in [-0.3, -0.25) is 20.3 Å². The van der Waals surface area contributed by atoms with Gasteiger partial charge in [-0.25, -0.2) is 0 Å². The molecule has 0 spiro atoms. The van der Waals surface area contributed by atoms with E-state index in [0.717, 1.165) is 5.56 Å². The summed E-state index contributed by atoms with van der Waals surface area (Å²) < 4.78 is 1.69. The number of pyridine rings is 1. The van der Waals surface area contributed by atoms with Gasteiger partial charge in [-0.1, -0.05) is 30.4 Å². The molecule has 0 aliphatic carbocycles. The average molecular weight is 367 g/mol. The summed E-state index contributed by atoms with van der Waals surface area (Å²) in [6.07, 6.45) is 3.50. The second-order valence-corrected chi connectivity index (χ2v) is 6.33. The fraction of sp³-hybridized carbons (Fsp3) is 0.167. The van der Waals surface area contributed by atoms with Crippen molar-refractivity contribution in [3.63, 3.8) is 0 Å². The third-order valence-corrected chi connectivity index (χ3v) is 4.59. The van der Waals surface area contributed by atoms with Gasteiger partial charge < -0.3 is 5.32 Å². The fourth-order valence-electron chi connectivity index (χ4n) is 3.18. The number of benzene rings is 1. The quantitative estimate of drug-likeness (QED) is 0.217. The van der Waals surface area contributed by atoms with Crippen molar-refractivity contribution < 1.29 is 14.3 Å². The third kappa shape index (κ3) is 3.03. The SMILES string of the molecule is Cc1ccc[n+]([C@H]2C(=O)NC(=S)C(=C=N)[C@@H]2c2ccccc2[N+](=O)[O-])c1. The Bertz CT molecular complexity index is 982. The predicted octanol–water partition coefficient (Wildman–Crippen LogP) is 2.15. The largest absolute Gasteiger partial charge is 0.310 e. The molecule has 1 aliphatic rings. The summed E-state index contributed by atoms with van der Waals surface area (Å²) in [5.74, 6) is 1.11. The Balaban J connectivity index is 2.27. The Kier molecular flexibility index (Phi) is 4.71. The van der Waals surface area contributed by atoms with Gasteiger partial charge in [0.1, 0.15) is 4.99 Å². The molecule has 1 saturated heterocycles. The van der Waals surface area contributed by atoms with Gasteiger partial charge in [0.25, 0.3) is 11.6 Å². The molecule has 2 aromatic rings. The molecule has 130 valence electrons. The maximum atomic E-state index is 12.8. The fourth-order valence-corrected chi connectivity index (χ4v) is 3.46. The van der Waals surface area contributed by atoms with Gasteiger partial charge in [-0.05, 0) is 18.9 Å². The molecule has 3 rings (SSSR count). The highest BCUT2D eigenvalue weighted by Gasteiger charge is 2.47. The number of aromatic nitrogens is 1. The summed E-state index contributed by atoms with van der Waals surface area (Å²) in [6.45, 7) is 1.88. The Morgan fingerprint density at radius 2 is 2.04 bits per heavy atom. The summed E-state index contributed by atoms with van der Waals surface area (Å²) >= 11 is 5.19. The molecule has 2 heterocycles. The van der Waals surface area contributed by atoms with Crippen molar-refractivity contribution in [1.82, 2.24) is 5.32 Å². The maximum Gasteiger partial charge on any atom is 0.295 e. The van der Waals surface area contributed by atoms with E-state index in [1.807, 2.05) is 13.0 Å². The van der Waals surface area contributed by atoms with Gasteiger partial charge in [0.15, 0.2) is 12.4 Å². The molecule has 2 N–H and O–H groups in total. The molecule has 1 amide bonds. The van der Waals surface area contributed by atoms with Crippen LogP contribution in [0.3, 0.4) is 0 Å². The lowest BCUT2D eigenvalue weighted by Gasteiger charge is -2.28. The molecule has 1 aromatic carbocycles. The number of amides is 1. The lowest BCUT2D eigenvalue weighted by molar-refractivity contribution is -0.711. The van der Waals surface area contributed by atoms with Crippen molar-refractivity contribution in [3.8, 4) is 0 Å². The molecule has 0 bridgehead atoms. The highest BCUT2D eigenvalue weighted by atomic mass is 32.1. The van der Waals surface area contributed by atoms with Crippen LogP contribution < -0.4 is 9.88 Å². The van der Waals surface area contributed by atoms with E-state index in [4.69, 9.17) is 17.6 Å². The topological polar surface area (TPSA) is 100.0 Å². The normalized spacial score (nSPS) is 19.7. The highest BCUT2D eigenvalue weighted by molar-refractivity contribution is 7.80. The molecule has 1 aromatic heterocycles. The van der Waals surface area contributed by atoms with Crippen LogP contribution in [-0.4, -0.2) is 21.7 Å². The molecule has 8 heteroatoms. The first-order chi connectivity index (χ1) is 12.4. The summed E-state index contributed by atoms with van der Waals surface area (Å²) in [5, 5.41) is 21.7. The first kappa shape index (κ1) is 17.6. The van der Waals surface area contributed by atoms with Crippen LogP contribution in [0.15, 0.2) is 54.4 Å². The van der Waals surface area contributed by atoms with Crippen molar-refractivity contribution in [2.45, 2.75) is 18.9 Å². The number of carbonyl (C=O) groups is 1. The lowest BCUT2D eigenvalue weighted by atomic mass is 9.81. The number of thiocarbonyl (C=S) groups is 1. The monoisotopic (exact) mass is 367 g/mol. The molecular weight excluding hydrogens is 352 g/mol. The molecule has 0 saturated carbocycles. The van der Waals surface area contributed by atoms with Crippen molar-refractivity contribution in [3.05, 3.63) is 75.6 Å². The molecule has 2 atom stereocenters. The van der Waals surface area contributed by atoms with E-state index < -0.39 is 16.9 Å². The van der Waals surface area contributed by atoms with Crippen LogP contribution in [0.2, 0.25) is 0 Å². The number of piperidine rings is 1. The summed E-state index contributed by atoms with van der Waals surface area (Å²) in [4.78, 5) is 23.8. The van der Waals surface area contributed by atoms with E-state index in [2.05, 4.69) is 11.2 Å². The van der Waals surface area contributed by atoms with Crippen LogP contribution in [0.4, 0.5) is 5.69 Å². The van der Waals surface area contributed by atoms with Gasteiger partial charge in [0.05, 0.1) is 16.4 Å². The van der Waals surface area contributed by atoms with Gasteiger partial charge in [-0.2, -0.15) is 4.57 Å². The third-order valence-electron chi connectivity index (χ3n) is 4.27. The number of aryl methyl sites for hydroxylation is 1. The van der Waals surface area contributed by atoms with Gasteiger partial charge >= 0.3 is 0 Å². The Morgan fingerprint density at radius 3 is 2.69 bits per heavy atom. The van der Waals surface area contributed by atoms with Gasteiger partial charge in [0.2, 0.25) is 6.04 Å². The van der Waals surface area contributed by atoms with Crippen LogP contribution in [0.1, 0.15) is 23.1 Å². The molecular formula is C18H15N4O3S+. The summed E-state index contributed by atoms with van der Waals surface area (Å²) in [6, 6.07) is 9.04. The summed E-state index contributed by atoms with van der Waals surface area (Å²) in [5.41, 5.74) is 1.37. The number of nitro groups is 1. The maximum absolute atomic E-state index is 12.8. The second-order valence-electron chi connectivity index (χ2n) is 5.92. The van der Waals surface area contributed by atoms with Crippen molar-refractivity contribution in [1.29, 1.82) is 5.41 Å². The zero-order chi connectivity index (χ0) is 18.8.